The number of hydrogen-bond acceptors (Lipinski definition) is 1. The van der Waals surface area contributed by atoms with E-state index in [4.69, 9.17) is 27.9 Å². The Hall–Kier alpha value is -0.840. The first-order valence-corrected chi connectivity index (χ1v) is 7.16. The molecule has 2 rings (SSSR count). The van der Waals surface area contributed by atoms with E-state index in [1.54, 1.807) is 18.2 Å². The number of methoxy groups -OCH3 is 1. The second kappa shape index (κ2) is 6.29. The lowest BCUT2D eigenvalue weighted by atomic mass is 10.0. The summed E-state index contributed by atoms with van der Waals surface area (Å²) in [6.07, 6.45) is 0. The van der Waals surface area contributed by atoms with E-state index >= 15 is 0 Å². The minimum Gasteiger partial charge on any atom is -0.497 e. The fourth-order valence-corrected chi connectivity index (χ4v) is 3.03. The van der Waals surface area contributed by atoms with Crippen molar-refractivity contribution in [3.8, 4) is 5.75 Å². The second-order valence-corrected chi connectivity index (χ2v) is 5.86. The second-order valence-electron chi connectivity index (χ2n) is 4.07. The van der Waals surface area contributed by atoms with Crippen molar-refractivity contribution in [1.82, 2.24) is 0 Å². The molecule has 20 heavy (non-hydrogen) atoms. The fourth-order valence-electron chi connectivity index (χ4n) is 1.81. The van der Waals surface area contributed by atoms with E-state index in [2.05, 4.69) is 15.9 Å². The van der Waals surface area contributed by atoms with Gasteiger partial charge in [-0.05, 0) is 23.8 Å². The standard InChI is InChI=1S/C14H9BrCl2F2O/c1-20-10-5-11(18)13(12(19)6-10)14(17)7-2-8(15)4-9(16)3-7/h2-6,14H,1H3. The highest BCUT2D eigenvalue weighted by Crippen LogP contribution is 2.36. The minimum absolute atomic E-state index is 0.0971. The summed E-state index contributed by atoms with van der Waals surface area (Å²) in [5.41, 5.74) is 0.260. The SMILES string of the molecule is COc1cc(F)c(C(Cl)c2cc(Cl)cc(Br)c2)c(F)c1. The summed E-state index contributed by atoms with van der Waals surface area (Å²) in [6.45, 7) is 0. The molecule has 0 bridgehead atoms. The van der Waals surface area contributed by atoms with Crippen LogP contribution in [-0.4, -0.2) is 7.11 Å². The lowest BCUT2D eigenvalue weighted by molar-refractivity contribution is 0.405. The largest absolute Gasteiger partial charge is 0.497 e. The van der Waals surface area contributed by atoms with E-state index in [1.165, 1.54) is 7.11 Å². The van der Waals surface area contributed by atoms with Crippen LogP contribution in [0.5, 0.6) is 5.75 Å². The molecule has 0 aliphatic heterocycles. The van der Waals surface area contributed by atoms with Crippen molar-refractivity contribution in [2.75, 3.05) is 7.11 Å². The van der Waals surface area contributed by atoms with Gasteiger partial charge in [0, 0.05) is 27.2 Å². The quantitative estimate of drug-likeness (QED) is 0.618. The first-order valence-electron chi connectivity index (χ1n) is 5.55. The summed E-state index contributed by atoms with van der Waals surface area (Å²) in [5, 5.41) is -0.565. The molecule has 0 saturated heterocycles. The summed E-state index contributed by atoms with van der Waals surface area (Å²) in [5.74, 6) is -1.43. The third-order valence-corrected chi connectivity index (χ3v) is 3.87. The minimum atomic E-state index is -0.990. The zero-order chi connectivity index (χ0) is 14.9. The van der Waals surface area contributed by atoms with Gasteiger partial charge in [-0.25, -0.2) is 8.78 Å². The lowest BCUT2D eigenvalue weighted by Gasteiger charge is -2.14. The maximum absolute atomic E-state index is 14.0. The molecule has 2 aromatic carbocycles. The first-order chi connectivity index (χ1) is 9.42. The van der Waals surface area contributed by atoms with Crippen LogP contribution in [0.3, 0.4) is 0 Å². The normalized spacial score (nSPS) is 12.3. The number of benzene rings is 2. The number of ether oxygens (including phenoxy) is 1. The highest BCUT2D eigenvalue weighted by atomic mass is 79.9. The predicted octanol–water partition coefficient (Wildman–Crippen LogP) is 5.72. The smallest absolute Gasteiger partial charge is 0.134 e. The summed E-state index contributed by atoms with van der Waals surface area (Å²) < 4.78 is 33.5. The Labute approximate surface area is 133 Å². The van der Waals surface area contributed by atoms with Gasteiger partial charge >= 0.3 is 0 Å². The molecular weight excluding hydrogens is 373 g/mol. The fraction of sp³-hybridized carbons (Fsp3) is 0.143. The van der Waals surface area contributed by atoms with E-state index in [-0.39, 0.29) is 11.3 Å². The van der Waals surface area contributed by atoms with Crippen LogP contribution >= 0.6 is 39.1 Å². The molecule has 0 fully saturated rings. The van der Waals surface area contributed by atoms with Crippen LogP contribution in [0.2, 0.25) is 5.02 Å². The maximum Gasteiger partial charge on any atom is 0.134 e. The van der Waals surface area contributed by atoms with Crippen LogP contribution in [0, 0.1) is 11.6 Å². The van der Waals surface area contributed by atoms with E-state index < -0.39 is 17.0 Å². The van der Waals surface area contributed by atoms with Crippen LogP contribution in [0.15, 0.2) is 34.8 Å². The third kappa shape index (κ3) is 3.25. The summed E-state index contributed by atoms with van der Waals surface area (Å²) in [4.78, 5) is 0. The molecule has 0 aliphatic rings. The molecule has 2 aromatic rings. The van der Waals surface area contributed by atoms with Crippen molar-refractivity contribution < 1.29 is 13.5 Å². The Bertz CT molecular complexity index is 606. The lowest BCUT2D eigenvalue weighted by Crippen LogP contribution is -2.02. The van der Waals surface area contributed by atoms with Crippen LogP contribution in [-0.2, 0) is 0 Å². The number of rotatable bonds is 3. The van der Waals surface area contributed by atoms with Crippen molar-refractivity contribution in [1.29, 1.82) is 0 Å². The molecule has 0 N–H and O–H groups in total. The van der Waals surface area contributed by atoms with Gasteiger partial charge in [-0.2, -0.15) is 0 Å². The number of halogens is 5. The molecule has 0 heterocycles. The van der Waals surface area contributed by atoms with Gasteiger partial charge in [-0.1, -0.05) is 27.5 Å². The Morgan fingerprint density at radius 3 is 2.20 bits per heavy atom. The molecule has 6 heteroatoms. The molecule has 0 radical (unpaired) electrons. The van der Waals surface area contributed by atoms with Gasteiger partial charge in [0.25, 0.3) is 0 Å². The molecule has 0 aliphatic carbocycles. The molecule has 1 atom stereocenters. The van der Waals surface area contributed by atoms with Gasteiger partial charge < -0.3 is 4.74 Å². The Balaban J connectivity index is 2.50. The summed E-state index contributed by atoms with van der Waals surface area (Å²) in [6, 6.07) is 7.07. The average Bonchev–Trinajstić information content (AvgIpc) is 2.36. The van der Waals surface area contributed by atoms with Gasteiger partial charge in [0.2, 0.25) is 0 Å². The number of hydrogen-bond donors (Lipinski definition) is 0. The molecule has 1 unspecified atom stereocenters. The van der Waals surface area contributed by atoms with Crippen LogP contribution in [0.4, 0.5) is 8.78 Å². The zero-order valence-electron chi connectivity index (χ0n) is 10.3. The first kappa shape index (κ1) is 15.5. The highest BCUT2D eigenvalue weighted by molar-refractivity contribution is 9.10. The molecule has 0 amide bonds. The van der Waals surface area contributed by atoms with E-state index in [0.29, 0.717) is 15.1 Å². The monoisotopic (exact) mass is 380 g/mol. The van der Waals surface area contributed by atoms with Gasteiger partial charge in [0.15, 0.2) is 0 Å². The van der Waals surface area contributed by atoms with Gasteiger partial charge in [0.05, 0.1) is 12.5 Å². The van der Waals surface area contributed by atoms with Crippen LogP contribution < -0.4 is 4.74 Å². The van der Waals surface area contributed by atoms with Crippen molar-refractivity contribution in [3.63, 3.8) is 0 Å². The molecular formula is C14H9BrCl2F2O. The topological polar surface area (TPSA) is 9.23 Å². The van der Waals surface area contributed by atoms with Crippen molar-refractivity contribution in [2.45, 2.75) is 5.38 Å². The maximum atomic E-state index is 14.0. The van der Waals surface area contributed by atoms with Crippen LogP contribution in [0.1, 0.15) is 16.5 Å². The Kier molecular flexibility index (Phi) is 4.89. The number of alkyl halides is 1. The summed E-state index contributed by atoms with van der Waals surface area (Å²) in [7, 11) is 1.33. The van der Waals surface area contributed by atoms with Crippen molar-refractivity contribution >= 4 is 39.1 Å². The van der Waals surface area contributed by atoms with Crippen molar-refractivity contribution in [2.24, 2.45) is 0 Å². The van der Waals surface area contributed by atoms with Crippen LogP contribution in [0.25, 0.3) is 0 Å². The van der Waals surface area contributed by atoms with Crippen molar-refractivity contribution in [3.05, 3.63) is 62.6 Å². The Morgan fingerprint density at radius 1 is 1.10 bits per heavy atom. The highest BCUT2D eigenvalue weighted by Gasteiger charge is 2.22. The molecule has 106 valence electrons. The van der Waals surface area contributed by atoms with Gasteiger partial charge in [0.1, 0.15) is 17.4 Å². The van der Waals surface area contributed by atoms with Gasteiger partial charge in [-0.15, -0.1) is 11.6 Å². The average molecular weight is 382 g/mol. The van der Waals surface area contributed by atoms with E-state index in [0.717, 1.165) is 12.1 Å². The van der Waals surface area contributed by atoms with E-state index in [9.17, 15) is 8.78 Å². The predicted molar refractivity (Wildman–Crippen MR) is 79.8 cm³/mol. The van der Waals surface area contributed by atoms with E-state index in [1.807, 2.05) is 0 Å². The molecule has 0 aromatic heterocycles. The third-order valence-electron chi connectivity index (χ3n) is 2.72. The Morgan fingerprint density at radius 2 is 1.70 bits per heavy atom. The van der Waals surface area contributed by atoms with Gasteiger partial charge in [-0.3, -0.25) is 0 Å². The molecule has 0 saturated carbocycles. The summed E-state index contributed by atoms with van der Waals surface area (Å²) >= 11 is 15.4. The molecule has 0 spiro atoms. The molecule has 1 nitrogen and oxygen atoms in total. The zero-order valence-corrected chi connectivity index (χ0v) is 13.4.